The Bertz CT molecular complexity index is 1340. The van der Waals surface area contributed by atoms with Crippen LogP contribution >= 0.6 is 0 Å². The Morgan fingerprint density at radius 2 is 1.41 bits per heavy atom. The highest BCUT2D eigenvalue weighted by Gasteiger charge is 2.18. The van der Waals surface area contributed by atoms with E-state index in [1.54, 1.807) is 22.9 Å². The molecule has 1 heterocycles. The zero-order valence-electron chi connectivity index (χ0n) is 14.2. The lowest BCUT2D eigenvalue weighted by Crippen LogP contribution is -2.05. The van der Waals surface area contributed by atoms with E-state index in [1.165, 1.54) is 6.07 Å². The molecule has 130 valence electrons. The quantitative estimate of drug-likeness (QED) is 0.267. The molecule has 6 heteroatoms. The average Bonchev–Trinajstić information content (AvgIpc) is 3.12. The Balaban J connectivity index is 1.82. The van der Waals surface area contributed by atoms with E-state index in [0.717, 1.165) is 32.6 Å². The molecule has 0 unspecified atom stereocenters. The molecule has 0 spiro atoms. The van der Waals surface area contributed by atoms with Crippen molar-refractivity contribution in [3.8, 4) is 0 Å². The van der Waals surface area contributed by atoms with Gasteiger partial charge in [0, 0.05) is 16.8 Å². The zero-order chi connectivity index (χ0) is 18.4. The van der Waals surface area contributed by atoms with Crippen molar-refractivity contribution in [3.63, 3.8) is 0 Å². The van der Waals surface area contributed by atoms with Crippen molar-refractivity contribution in [1.29, 1.82) is 0 Å². The highest BCUT2D eigenvalue weighted by atomic mass is 16.6. The maximum absolute atomic E-state index is 11.4. The summed E-state index contributed by atoms with van der Waals surface area (Å²) in [6.07, 6.45) is 0. The fourth-order valence-corrected chi connectivity index (χ4v) is 3.70. The van der Waals surface area contributed by atoms with Gasteiger partial charge in [0.25, 0.3) is 5.69 Å². The molecule has 6 nitrogen and oxygen atoms in total. The highest BCUT2D eigenvalue weighted by molar-refractivity contribution is 6.23. The fourth-order valence-electron chi connectivity index (χ4n) is 3.70. The Hall–Kier alpha value is -3.80. The van der Waals surface area contributed by atoms with Crippen LogP contribution in [-0.2, 0) is 6.54 Å². The molecule has 0 aliphatic rings. The van der Waals surface area contributed by atoms with Crippen molar-refractivity contribution >= 4 is 38.3 Å². The van der Waals surface area contributed by atoms with E-state index >= 15 is 0 Å². The summed E-state index contributed by atoms with van der Waals surface area (Å²) in [4.78, 5) is 11.0. The monoisotopic (exact) mass is 354 g/mol. The first kappa shape index (κ1) is 15.5. The van der Waals surface area contributed by atoms with Gasteiger partial charge in [-0.3, -0.25) is 10.1 Å². The van der Waals surface area contributed by atoms with E-state index in [0.29, 0.717) is 5.56 Å². The minimum absolute atomic E-state index is 0.0891. The molecular formula is C21H14N4O2. The van der Waals surface area contributed by atoms with Crippen molar-refractivity contribution in [3.05, 3.63) is 88.5 Å². The summed E-state index contributed by atoms with van der Waals surface area (Å²) in [6.45, 7) is 0.288. The van der Waals surface area contributed by atoms with Gasteiger partial charge >= 0.3 is 0 Å². The van der Waals surface area contributed by atoms with Crippen LogP contribution in [0.3, 0.4) is 0 Å². The average molecular weight is 354 g/mol. The van der Waals surface area contributed by atoms with Gasteiger partial charge in [-0.1, -0.05) is 71.9 Å². The second-order valence-electron chi connectivity index (χ2n) is 6.42. The van der Waals surface area contributed by atoms with Crippen LogP contribution in [0.4, 0.5) is 5.69 Å². The number of nitrogens with zero attached hydrogens (tertiary/aromatic N) is 4. The maximum atomic E-state index is 11.4. The molecule has 0 aliphatic carbocycles. The third-order valence-electron chi connectivity index (χ3n) is 4.90. The molecule has 5 aromatic rings. The van der Waals surface area contributed by atoms with Crippen LogP contribution in [0.2, 0.25) is 0 Å². The molecule has 0 bridgehead atoms. The van der Waals surface area contributed by atoms with E-state index in [9.17, 15) is 10.1 Å². The molecule has 0 amide bonds. The molecule has 5 rings (SSSR count). The van der Waals surface area contributed by atoms with Gasteiger partial charge in [-0.25, -0.2) is 4.68 Å². The summed E-state index contributed by atoms with van der Waals surface area (Å²) >= 11 is 0. The highest BCUT2D eigenvalue weighted by Crippen LogP contribution is 2.34. The first-order valence-electron chi connectivity index (χ1n) is 8.59. The third-order valence-corrected chi connectivity index (χ3v) is 4.90. The van der Waals surface area contributed by atoms with Gasteiger partial charge in [0.05, 0.1) is 22.5 Å². The molecular weight excluding hydrogens is 340 g/mol. The summed E-state index contributed by atoms with van der Waals surface area (Å²) in [5, 5.41) is 24.4. The summed E-state index contributed by atoms with van der Waals surface area (Å²) in [5.74, 6) is 0. The van der Waals surface area contributed by atoms with Gasteiger partial charge in [0.15, 0.2) is 0 Å². The van der Waals surface area contributed by atoms with Gasteiger partial charge in [0.1, 0.15) is 5.52 Å². The van der Waals surface area contributed by atoms with Crippen molar-refractivity contribution < 1.29 is 4.92 Å². The number of fused-ring (bicyclic) bond motifs is 6. The van der Waals surface area contributed by atoms with Crippen molar-refractivity contribution in [2.75, 3.05) is 0 Å². The van der Waals surface area contributed by atoms with Gasteiger partial charge < -0.3 is 0 Å². The minimum atomic E-state index is -0.359. The Labute approximate surface area is 153 Å². The molecule has 1 aromatic heterocycles. The van der Waals surface area contributed by atoms with E-state index in [-0.39, 0.29) is 17.2 Å². The summed E-state index contributed by atoms with van der Waals surface area (Å²) < 4.78 is 1.76. The number of rotatable bonds is 3. The third kappa shape index (κ3) is 2.34. The second kappa shape index (κ2) is 5.88. The lowest BCUT2D eigenvalue weighted by atomic mass is 10.00. The van der Waals surface area contributed by atoms with Crippen LogP contribution in [0.1, 0.15) is 5.56 Å². The van der Waals surface area contributed by atoms with E-state index in [1.807, 2.05) is 36.4 Å². The molecule has 0 N–H and O–H groups in total. The van der Waals surface area contributed by atoms with E-state index in [4.69, 9.17) is 0 Å². The second-order valence-corrected chi connectivity index (χ2v) is 6.42. The smallest absolute Gasteiger partial charge is 0.258 e. The maximum Gasteiger partial charge on any atom is 0.274 e. The van der Waals surface area contributed by atoms with Crippen LogP contribution in [0.5, 0.6) is 0 Å². The molecule has 0 fully saturated rings. The number of nitro benzene ring substituents is 1. The largest absolute Gasteiger partial charge is 0.274 e. The van der Waals surface area contributed by atoms with Crippen molar-refractivity contribution in [1.82, 2.24) is 15.0 Å². The first-order valence-corrected chi connectivity index (χ1v) is 8.59. The Morgan fingerprint density at radius 1 is 0.815 bits per heavy atom. The van der Waals surface area contributed by atoms with Crippen LogP contribution in [0, 0.1) is 10.1 Å². The SMILES string of the molecule is O=[N+]([O-])c1ccccc1Cn1nnc2c3ccccc3c3ccccc3c21. The topological polar surface area (TPSA) is 73.8 Å². The number of aromatic nitrogens is 3. The van der Waals surface area contributed by atoms with E-state index in [2.05, 4.69) is 22.4 Å². The number of hydrogen-bond donors (Lipinski definition) is 0. The van der Waals surface area contributed by atoms with Crippen molar-refractivity contribution in [2.45, 2.75) is 6.54 Å². The number of benzene rings is 4. The fraction of sp³-hybridized carbons (Fsp3) is 0.0476. The minimum Gasteiger partial charge on any atom is -0.258 e. The first-order chi connectivity index (χ1) is 13.2. The molecule has 0 saturated carbocycles. The Kier molecular flexibility index (Phi) is 3.36. The van der Waals surface area contributed by atoms with Gasteiger partial charge in [-0.2, -0.15) is 0 Å². The summed E-state index contributed by atoms with van der Waals surface area (Å²) in [7, 11) is 0. The lowest BCUT2D eigenvalue weighted by molar-refractivity contribution is -0.385. The van der Waals surface area contributed by atoms with Gasteiger partial charge in [-0.05, 0) is 10.8 Å². The van der Waals surface area contributed by atoms with Crippen LogP contribution < -0.4 is 0 Å². The Morgan fingerprint density at radius 3 is 2.15 bits per heavy atom. The van der Waals surface area contributed by atoms with Gasteiger partial charge in [0.2, 0.25) is 0 Å². The zero-order valence-corrected chi connectivity index (χ0v) is 14.2. The number of para-hydroxylation sites is 1. The van der Waals surface area contributed by atoms with E-state index < -0.39 is 0 Å². The van der Waals surface area contributed by atoms with Crippen LogP contribution in [-0.4, -0.2) is 19.9 Å². The molecule has 0 atom stereocenters. The summed E-state index contributed by atoms with van der Waals surface area (Å²) in [6, 6.07) is 23.0. The number of hydrogen-bond acceptors (Lipinski definition) is 4. The predicted molar refractivity (Wildman–Crippen MR) is 105 cm³/mol. The molecule has 4 aromatic carbocycles. The molecule has 0 aliphatic heterocycles. The normalized spacial score (nSPS) is 11.4. The number of nitro groups is 1. The van der Waals surface area contributed by atoms with Crippen LogP contribution in [0.25, 0.3) is 32.6 Å². The van der Waals surface area contributed by atoms with Gasteiger partial charge in [-0.15, -0.1) is 5.10 Å². The van der Waals surface area contributed by atoms with Crippen LogP contribution in [0.15, 0.2) is 72.8 Å². The molecule has 0 radical (unpaired) electrons. The predicted octanol–water partition coefficient (Wildman–Crippen LogP) is 4.69. The summed E-state index contributed by atoms with van der Waals surface area (Å²) in [5.41, 5.74) is 2.39. The van der Waals surface area contributed by atoms with Crippen molar-refractivity contribution in [2.24, 2.45) is 0 Å². The lowest BCUT2D eigenvalue weighted by Gasteiger charge is -2.09. The standard InChI is InChI=1S/C21H14N4O2/c26-25(27)19-12-6-1-7-14(19)13-24-21-18-11-5-3-9-16(18)15-8-2-4-10-17(15)20(21)22-23-24/h1-12H,13H2. The molecule has 0 saturated heterocycles. The molecule has 27 heavy (non-hydrogen) atoms.